The van der Waals surface area contributed by atoms with E-state index >= 15 is 0 Å². The van der Waals surface area contributed by atoms with Crippen molar-refractivity contribution in [3.05, 3.63) is 269 Å². The minimum Gasteiger partial charge on any atom is -0.340 e. The zero-order valence-corrected chi connectivity index (χ0v) is 47.5. The van der Waals surface area contributed by atoms with E-state index in [4.69, 9.17) is 11.6 Å². The lowest BCUT2D eigenvalue weighted by molar-refractivity contribution is 0.0969. The van der Waals surface area contributed by atoms with Crippen LogP contribution in [0.2, 0.25) is 5.02 Å². The topological polar surface area (TPSA) is 105 Å². The Morgan fingerprint density at radius 1 is 0.341 bits per heavy atom. The molecule has 0 saturated heterocycles. The molecule has 0 atom stereocenters. The lowest BCUT2D eigenvalue weighted by Gasteiger charge is -2.15. The number of carbonyl (C=O) groups excluding carboxylic acids is 1. The summed E-state index contributed by atoms with van der Waals surface area (Å²) < 4.78 is 8.41. The number of carbonyl (C=O) groups is 1. The molecule has 0 saturated carbocycles. The van der Waals surface area contributed by atoms with Gasteiger partial charge in [0.05, 0.1) is 44.1 Å². The number of aromatic nitrogens is 4. The first-order chi connectivity index (χ1) is 40.0. The van der Waals surface area contributed by atoms with Gasteiger partial charge in [0.2, 0.25) is 0 Å². The summed E-state index contributed by atoms with van der Waals surface area (Å²) >= 11 is 6.05. The van der Waals surface area contributed by atoms with Crippen molar-refractivity contribution in [2.24, 2.45) is 0 Å². The van der Waals surface area contributed by atoms with Crippen LogP contribution in [-0.2, 0) is 19.6 Å². The van der Waals surface area contributed by atoms with E-state index in [0.717, 1.165) is 124 Å². The number of halogens is 1. The van der Waals surface area contributed by atoms with Crippen LogP contribution in [0, 0.1) is 6.92 Å². The SMILES string of the molecule is CCCCn1c2ccccc2c(=O)c2cc(C)ccc21.CCCCn1c2ccccc2c(=O)c2cc(Cl)ccc21.CCCCn1c2ccccc2c(=O)c2ccccc21.O=C(c1ccccc1)n1c2ccccc2c(=O)c2ccccc21. The van der Waals surface area contributed by atoms with Crippen molar-refractivity contribution in [2.45, 2.75) is 85.9 Å². The van der Waals surface area contributed by atoms with Gasteiger partial charge in [0.1, 0.15) is 0 Å². The van der Waals surface area contributed by atoms with E-state index in [2.05, 4.69) is 46.6 Å². The summed E-state index contributed by atoms with van der Waals surface area (Å²) in [6, 6.07) is 66.8. The molecule has 10 heteroatoms. The largest absolute Gasteiger partial charge is 0.340 e. The Bertz CT molecular complexity index is 4490. The van der Waals surface area contributed by atoms with E-state index in [1.807, 2.05) is 177 Å². The molecule has 9 nitrogen and oxygen atoms in total. The quantitative estimate of drug-likeness (QED) is 0.127. The maximum absolute atomic E-state index is 13.0. The highest BCUT2D eigenvalue weighted by Crippen LogP contribution is 2.26. The molecule has 0 fully saturated rings. The number of hydrogen-bond acceptors (Lipinski definition) is 5. The van der Waals surface area contributed by atoms with Crippen LogP contribution in [0.4, 0.5) is 0 Å². The lowest BCUT2D eigenvalue weighted by atomic mass is 10.1. The smallest absolute Gasteiger partial charge is 0.262 e. The third-order valence-corrected chi connectivity index (χ3v) is 15.4. The Morgan fingerprint density at radius 2 is 0.634 bits per heavy atom. The van der Waals surface area contributed by atoms with Gasteiger partial charge in [0.15, 0.2) is 21.7 Å². The minimum absolute atomic E-state index is 0.0479. The zero-order valence-electron chi connectivity index (χ0n) is 46.8. The molecular formula is C72H65ClN4O5. The molecule has 0 aliphatic rings. The highest BCUT2D eigenvalue weighted by Gasteiger charge is 2.17. The van der Waals surface area contributed by atoms with Crippen LogP contribution in [0.5, 0.6) is 0 Å². The van der Waals surface area contributed by atoms with Gasteiger partial charge >= 0.3 is 0 Å². The molecule has 0 bridgehead atoms. The molecule has 410 valence electrons. The molecule has 9 aromatic carbocycles. The van der Waals surface area contributed by atoms with Crippen LogP contribution >= 0.6 is 11.6 Å². The average molecular weight is 1100 g/mol. The molecule has 0 N–H and O–H groups in total. The number of aryl methyl sites for hydroxylation is 4. The van der Waals surface area contributed by atoms with Gasteiger partial charge in [-0.3, -0.25) is 28.5 Å². The summed E-state index contributed by atoms with van der Waals surface area (Å²) in [6.45, 7) is 11.4. The Labute approximate surface area is 480 Å². The van der Waals surface area contributed by atoms with E-state index in [9.17, 15) is 24.0 Å². The predicted octanol–water partition coefficient (Wildman–Crippen LogP) is 16.7. The predicted molar refractivity (Wildman–Crippen MR) is 343 cm³/mol. The Morgan fingerprint density at radius 3 is 1.01 bits per heavy atom. The molecule has 0 unspecified atom stereocenters. The fourth-order valence-corrected chi connectivity index (χ4v) is 11.2. The van der Waals surface area contributed by atoms with Crippen LogP contribution in [-0.4, -0.2) is 24.2 Å². The summed E-state index contributed by atoms with van der Waals surface area (Å²) in [5.41, 5.74) is 9.42. The maximum atomic E-state index is 13.0. The standard InChI is InChI=1S/C20H13NO2.C18H19NO.C17H16ClNO.C17H17NO/c22-19-15-10-4-6-12-17(15)21(18-13-7-5-11-16(18)19)20(23)14-8-2-1-3-9-14;1-3-4-11-19-16-8-6-5-7-14(16)18(20)15-12-13(2)9-10-17(15)19;1-2-3-10-19-15-7-5-4-6-13(15)17(20)14-11-12(18)8-9-16(14)19;1-2-3-12-18-15-10-6-4-8-13(15)17(19)14-9-5-7-11-16(14)18/h1-13H;5-10,12H,3-4,11H2,1-2H3;4-9,11H,2-3,10H2,1H3;4-11H,2-3,12H2,1H3. The van der Waals surface area contributed by atoms with Gasteiger partial charge in [-0.1, -0.05) is 154 Å². The van der Waals surface area contributed by atoms with Gasteiger partial charge in [0.25, 0.3) is 5.91 Å². The molecule has 82 heavy (non-hydrogen) atoms. The Kier molecular flexibility index (Phi) is 17.5. The molecule has 0 aliphatic heterocycles. The van der Waals surface area contributed by atoms with Crippen molar-refractivity contribution in [1.29, 1.82) is 0 Å². The van der Waals surface area contributed by atoms with E-state index in [1.54, 1.807) is 34.9 Å². The number of pyridine rings is 4. The summed E-state index contributed by atoms with van der Waals surface area (Å²) in [4.78, 5) is 63.5. The number of para-hydroxylation sites is 6. The first kappa shape index (κ1) is 56.1. The van der Waals surface area contributed by atoms with Crippen molar-refractivity contribution in [1.82, 2.24) is 18.3 Å². The zero-order chi connectivity index (χ0) is 57.3. The van der Waals surface area contributed by atoms with Gasteiger partial charge in [-0.15, -0.1) is 0 Å². The maximum Gasteiger partial charge on any atom is 0.262 e. The summed E-state index contributed by atoms with van der Waals surface area (Å²) in [5.74, 6) is -0.141. The molecule has 0 aliphatic carbocycles. The Hall–Kier alpha value is -9.18. The summed E-state index contributed by atoms with van der Waals surface area (Å²) in [7, 11) is 0. The van der Waals surface area contributed by atoms with Crippen molar-refractivity contribution in [2.75, 3.05) is 0 Å². The lowest BCUT2D eigenvalue weighted by Crippen LogP contribution is -2.18. The van der Waals surface area contributed by atoms with Crippen LogP contribution < -0.4 is 21.7 Å². The summed E-state index contributed by atoms with van der Waals surface area (Å²) in [5, 5.41) is 6.46. The first-order valence-electron chi connectivity index (χ1n) is 28.4. The van der Waals surface area contributed by atoms with Gasteiger partial charge < -0.3 is 13.7 Å². The van der Waals surface area contributed by atoms with E-state index in [1.165, 1.54) is 0 Å². The third kappa shape index (κ3) is 11.3. The van der Waals surface area contributed by atoms with Crippen LogP contribution in [0.25, 0.3) is 87.2 Å². The number of benzene rings is 9. The van der Waals surface area contributed by atoms with Gasteiger partial charge in [0, 0.05) is 73.3 Å². The van der Waals surface area contributed by atoms with E-state index < -0.39 is 0 Å². The second-order valence-electron chi connectivity index (χ2n) is 20.6. The van der Waals surface area contributed by atoms with Crippen molar-refractivity contribution >= 4 is 105 Å². The minimum atomic E-state index is -0.141. The molecule has 0 radical (unpaired) electrons. The van der Waals surface area contributed by atoms with Crippen LogP contribution in [0.3, 0.4) is 0 Å². The highest BCUT2D eigenvalue weighted by molar-refractivity contribution is 6.31. The first-order valence-corrected chi connectivity index (χ1v) is 28.8. The number of nitrogens with zero attached hydrogens (tertiary/aromatic N) is 4. The highest BCUT2D eigenvalue weighted by atomic mass is 35.5. The molecule has 0 spiro atoms. The number of hydrogen-bond donors (Lipinski definition) is 0. The van der Waals surface area contributed by atoms with Gasteiger partial charge in [-0.25, -0.2) is 0 Å². The van der Waals surface area contributed by atoms with Crippen molar-refractivity contribution in [3.8, 4) is 0 Å². The second kappa shape index (κ2) is 25.5. The normalized spacial score (nSPS) is 11.2. The van der Waals surface area contributed by atoms with E-state index in [0.29, 0.717) is 37.8 Å². The average Bonchev–Trinajstić information content (AvgIpc) is 3.06. The summed E-state index contributed by atoms with van der Waals surface area (Å²) in [6.07, 6.45) is 6.75. The molecular weight excluding hydrogens is 1040 g/mol. The van der Waals surface area contributed by atoms with Crippen molar-refractivity contribution < 1.29 is 4.79 Å². The van der Waals surface area contributed by atoms with Crippen LogP contribution in [0.1, 0.15) is 75.2 Å². The molecule has 4 heterocycles. The monoisotopic (exact) mass is 1100 g/mol. The number of unbranched alkanes of at least 4 members (excludes halogenated alkanes) is 3. The van der Waals surface area contributed by atoms with E-state index in [-0.39, 0.29) is 27.6 Å². The second-order valence-corrected chi connectivity index (χ2v) is 21.1. The number of rotatable bonds is 10. The van der Waals surface area contributed by atoms with Gasteiger partial charge in [-0.2, -0.15) is 0 Å². The molecule has 0 amide bonds. The third-order valence-electron chi connectivity index (χ3n) is 15.1. The van der Waals surface area contributed by atoms with Crippen LogP contribution in [0.15, 0.2) is 232 Å². The fraction of sp³-hybridized carbons (Fsp3) is 0.181. The molecule has 4 aromatic heterocycles. The number of fused-ring (bicyclic) bond motifs is 8. The molecule has 13 aromatic rings. The van der Waals surface area contributed by atoms with Gasteiger partial charge in [-0.05, 0) is 141 Å². The fourth-order valence-electron chi connectivity index (χ4n) is 11.0. The Balaban J connectivity index is 0.000000123. The van der Waals surface area contributed by atoms with Crippen molar-refractivity contribution in [3.63, 3.8) is 0 Å². The molecule has 13 rings (SSSR count).